The van der Waals surface area contributed by atoms with Crippen LogP contribution in [0.25, 0.3) is 0 Å². The summed E-state index contributed by atoms with van der Waals surface area (Å²) in [6, 6.07) is 4.74. The molecule has 2 rings (SSSR count). The average molecular weight is 280 g/mol. The fourth-order valence-electron chi connectivity index (χ4n) is 1.71. The predicted molar refractivity (Wildman–Crippen MR) is 74.4 cm³/mol. The molecule has 0 aliphatic carbocycles. The smallest absolute Gasteiger partial charge is 0.263 e. The van der Waals surface area contributed by atoms with Gasteiger partial charge in [-0.15, -0.1) is 0 Å². The van der Waals surface area contributed by atoms with Crippen LogP contribution in [0.3, 0.4) is 0 Å². The molecule has 19 heavy (non-hydrogen) atoms. The molecule has 2 aromatic rings. The highest BCUT2D eigenvalue weighted by molar-refractivity contribution is 7.92. The lowest BCUT2D eigenvalue weighted by Crippen LogP contribution is -2.14. The third kappa shape index (κ3) is 2.70. The monoisotopic (exact) mass is 280 g/mol. The molecule has 1 aromatic heterocycles. The van der Waals surface area contributed by atoms with E-state index in [1.165, 1.54) is 6.07 Å². The van der Waals surface area contributed by atoms with Crippen LogP contribution in [0.15, 0.2) is 29.3 Å². The molecule has 1 heterocycles. The Morgan fingerprint density at radius 2 is 2.16 bits per heavy atom. The molecule has 0 saturated heterocycles. The zero-order valence-corrected chi connectivity index (χ0v) is 11.6. The van der Waals surface area contributed by atoms with E-state index in [-0.39, 0.29) is 4.90 Å². The highest BCUT2D eigenvalue weighted by Gasteiger charge is 2.17. The molecule has 0 atom stereocenters. The Kier molecular flexibility index (Phi) is 3.48. The number of aromatic amines is 1. The van der Waals surface area contributed by atoms with Gasteiger partial charge < -0.3 is 5.73 Å². The van der Waals surface area contributed by atoms with Gasteiger partial charge in [0, 0.05) is 11.3 Å². The molecule has 0 aliphatic heterocycles. The topological polar surface area (TPSA) is 101 Å². The van der Waals surface area contributed by atoms with Gasteiger partial charge in [0.25, 0.3) is 10.0 Å². The summed E-state index contributed by atoms with van der Waals surface area (Å²) in [5.74, 6) is 0.359. The highest BCUT2D eigenvalue weighted by Crippen LogP contribution is 2.21. The lowest BCUT2D eigenvalue weighted by Gasteiger charge is -2.09. The Morgan fingerprint density at radius 1 is 1.42 bits per heavy atom. The maximum atomic E-state index is 12.2. The van der Waals surface area contributed by atoms with Gasteiger partial charge in [-0.1, -0.05) is 13.0 Å². The van der Waals surface area contributed by atoms with Crippen LogP contribution in [0, 0.1) is 6.92 Å². The van der Waals surface area contributed by atoms with Crippen molar-refractivity contribution in [3.8, 4) is 0 Å². The number of nitrogens with two attached hydrogens (primary N) is 1. The van der Waals surface area contributed by atoms with Crippen molar-refractivity contribution in [3.63, 3.8) is 0 Å². The first-order chi connectivity index (χ1) is 8.94. The van der Waals surface area contributed by atoms with E-state index in [4.69, 9.17) is 5.73 Å². The van der Waals surface area contributed by atoms with Gasteiger partial charge in [-0.2, -0.15) is 5.10 Å². The first-order valence-corrected chi connectivity index (χ1v) is 7.33. The first-order valence-electron chi connectivity index (χ1n) is 5.85. The maximum absolute atomic E-state index is 12.2. The summed E-state index contributed by atoms with van der Waals surface area (Å²) in [4.78, 5) is 0.135. The largest absolute Gasteiger partial charge is 0.398 e. The Labute approximate surface area is 112 Å². The summed E-state index contributed by atoms with van der Waals surface area (Å²) in [6.45, 7) is 3.72. The number of sulfonamides is 1. The molecule has 0 aliphatic rings. The molecule has 0 fully saturated rings. The fourth-order valence-corrected chi connectivity index (χ4v) is 2.83. The lowest BCUT2D eigenvalue weighted by molar-refractivity contribution is 0.601. The van der Waals surface area contributed by atoms with Crippen LogP contribution in [-0.2, 0) is 16.4 Å². The van der Waals surface area contributed by atoms with Crippen molar-refractivity contribution in [2.45, 2.75) is 25.2 Å². The van der Waals surface area contributed by atoms with Gasteiger partial charge in [0.2, 0.25) is 0 Å². The normalized spacial score (nSPS) is 11.5. The Bertz CT molecular complexity index is 692. The SMILES string of the molecule is CCc1ccc(S(=O)(=O)Nc2[nH]ncc2C)cc1N. The van der Waals surface area contributed by atoms with Crippen molar-refractivity contribution < 1.29 is 8.42 Å². The number of rotatable bonds is 4. The fraction of sp³-hybridized carbons (Fsp3) is 0.250. The molecule has 0 saturated carbocycles. The molecule has 6 nitrogen and oxygen atoms in total. The minimum Gasteiger partial charge on any atom is -0.398 e. The van der Waals surface area contributed by atoms with Crippen LogP contribution >= 0.6 is 0 Å². The number of hydrogen-bond donors (Lipinski definition) is 3. The summed E-state index contributed by atoms with van der Waals surface area (Å²) >= 11 is 0. The third-order valence-corrected chi connectivity index (χ3v) is 4.22. The number of aromatic nitrogens is 2. The summed E-state index contributed by atoms with van der Waals surface area (Å²) < 4.78 is 26.8. The average Bonchev–Trinajstić information content (AvgIpc) is 2.74. The van der Waals surface area contributed by atoms with Crippen LogP contribution in [0.4, 0.5) is 11.5 Å². The zero-order valence-electron chi connectivity index (χ0n) is 10.8. The minimum atomic E-state index is -3.65. The number of nitrogens with one attached hydrogen (secondary N) is 2. The van der Waals surface area contributed by atoms with Gasteiger partial charge in [-0.25, -0.2) is 8.42 Å². The van der Waals surface area contributed by atoms with Crippen LogP contribution < -0.4 is 10.5 Å². The number of aryl methyl sites for hydroxylation is 2. The molecule has 0 amide bonds. The molecule has 102 valence electrons. The second kappa shape index (κ2) is 4.93. The molecule has 7 heteroatoms. The van der Waals surface area contributed by atoms with Gasteiger partial charge in [-0.3, -0.25) is 9.82 Å². The quantitative estimate of drug-likeness (QED) is 0.741. The standard InChI is InChI=1S/C12H16N4O2S/c1-3-9-4-5-10(6-11(9)13)19(17,18)16-12-8(2)7-14-15-12/h4-7H,3,13H2,1-2H3,(H2,14,15,16). The van der Waals surface area contributed by atoms with E-state index < -0.39 is 10.0 Å². The third-order valence-electron chi connectivity index (χ3n) is 2.87. The van der Waals surface area contributed by atoms with Gasteiger partial charge in [0.05, 0.1) is 11.1 Å². The molecule has 0 spiro atoms. The molecular weight excluding hydrogens is 264 g/mol. The number of nitrogens with zero attached hydrogens (tertiary/aromatic N) is 1. The molecule has 1 aromatic carbocycles. The second-order valence-corrected chi connectivity index (χ2v) is 5.93. The Balaban J connectivity index is 2.35. The Morgan fingerprint density at radius 3 is 2.68 bits per heavy atom. The molecule has 0 unspecified atom stereocenters. The van der Waals surface area contributed by atoms with Crippen LogP contribution in [-0.4, -0.2) is 18.6 Å². The van der Waals surface area contributed by atoms with Crippen molar-refractivity contribution in [2.75, 3.05) is 10.5 Å². The number of hydrogen-bond acceptors (Lipinski definition) is 4. The summed E-state index contributed by atoms with van der Waals surface area (Å²) in [5, 5.41) is 6.36. The highest BCUT2D eigenvalue weighted by atomic mass is 32.2. The summed E-state index contributed by atoms with van der Waals surface area (Å²) in [7, 11) is -3.65. The summed E-state index contributed by atoms with van der Waals surface area (Å²) in [5.41, 5.74) is 7.95. The van der Waals surface area contributed by atoms with Crippen molar-refractivity contribution >= 4 is 21.5 Å². The van der Waals surface area contributed by atoms with Crippen molar-refractivity contribution in [2.24, 2.45) is 0 Å². The van der Waals surface area contributed by atoms with E-state index in [1.54, 1.807) is 25.3 Å². The van der Waals surface area contributed by atoms with E-state index >= 15 is 0 Å². The molecular formula is C12H16N4O2S. The minimum absolute atomic E-state index is 0.135. The van der Waals surface area contributed by atoms with Crippen LogP contribution in [0.5, 0.6) is 0 Å². The Hall–Kier alpha value is -2.02. The van der Waals surface area contributed by atoms with Gasteiger partial charge in [-0.05, 0) is 31.0 Å². The number of nitrogen functional groups attached to an aromatic ring is 1. The second-order valence-electron chi connectivity index (χ2n) is 4.25. The predicted octanol–water partition coefficient (Wildman–Crippen LogP) is 1.66. The lowest BCUT2D eigenvalue weighted by atomic mass is 10.1. The van der Waals surface area contributed by atoms with E-state index in [2.05, 4.69) is 14.9 Å². The summed E-state index contributed by atoms with van der Waals surface area (Å²) in [6.07, 6.45) is 2.31. The van der Waals surface area contributed by atoms with Crippen molar-refractivity contribution in [3.05, 3.63) is 35.5 Å². The van der Waals surface area contributed by atoms with E-state index in [0.717, 1.165) is 17.5 Å². The van der Waals surface area contributed by atoms with Crippen LogP contribution in [0.2, 0.25) is 0 Å². The molecule has 0 bridgehead atoms. The van der Waals surface area contributed by atoms with E-state index in [9.17, 15) is 8.42 Å². The van der Waals surface area contributed by atoms with Crippen molar-refractivity contribution in [1.29, 1.82) is 0 Å². The number of anilines is 2. The first kappa shape index (κ1) is 13.4. The number of benzene rings is 1. The van der Waals surface area contributed by atoms with Gasteiger partial charge in [0.1, 0.15) is 5.82 Å². The maximum Gasteiger partial charge on any atom is 0.263 e. The van der Waals surface area contributed by atoms with Gasteiger partial charge >= 0.3 is 0 Å². The molecule has 4 N–H and O–H groups in total. The molecule has 0 radical (unpaired) electrons. The zero-order chi connectivity index (χ0) is 14.0. The van der Waals surface area contributed by atoms with Crippen LogP contribution in [0.1, 0.15) is 18.1 Å². The number of H-pyrrole nitrogens is 1. The van der Waals surface area contributed by atoms with Gasteiger partial charge in [0.15, 0.2) is 0 Å². The van der Waals surface area contributed by atoms with Crippen molar-refractivity contribution in [1.82, 2.24) is 10.2 Å². The van der Waals surface area contributed by atoms with E-state index in [1.807, 2.05) is 6.92 Å². The van der Waals surface area contributed by atoms with E-state index in [0.29, 0.717) is 11.5 Å².